The minimum absolute atomic E-state index is 0.618. The second-order valence-corrected chi connectivity index (χ2v) is 5.80. The molecule has 1 aliphatic rings. The van der Waals surface area contributed by atoms with Crippen molar-refractivity contribution in [3.8, 4) is 0 Å². The SMILES string of the molecule is CS1(C(N)=S)C=CC=C1. The molecular formula is C6H9NS2. The van der Waals surface area contributed by atoms with E-state index in [0.29, 0.717) is 4.32 Å². The van der Waals surface area contributed by atoms with Crippen LogP contribution in [-0.2, 0) is 0 Å². The van der Waals surface area contributed by atoms with Crippen LogP contribution in [0.4, 0.5) is 0 Å². The van der Waals surface area contributed by atoms with Crippen molar-refractivity contribution in [3.63, 3.8) is 0 Å². The molecule has 3 heteroatoms. The summed E-state index contributed by atoms with van der Waals surface area (Å²) in [5.74, 6) is 0. The Balaban J connectivity index is 2.88. The van der Waals surface area contributed by atoms with Gasteiger partial charge in [-0.2, -0.15) is 10.0 Å². The molecule has 0 atom stereocenters. The topological polar surface area (TPSA) is 26.0 Å². The second kappa shape index (κ2) is 2.15. The lowest BCUT2D eigenvalue weighted by molar-refractivity contribution is 1.89. The van der Waals surface area contributed by atoms with Crippen molar-refractivity contribution < 1.29 is 0 Å². The molecule has 0 aliphatic carbocycles. The van der Waals surface area contributed by atoms with Gasteiger partial charge in [-0.25, -0.2) is 0 Å². The number of nitrogens with two attached hydrogens (primary N) is 1. The third-order valence-electron chi connectivity index (χ3n) is 1.27. The Morgan fingerprint density at radius 3 is 2.11 bits per heavy atom. The van der Waals surface area contributed by atoms with Gasteiger partial charge in [0.25, 0.3) is 0 Å². The lowest BCUT2D eigenvalue weighted by Crippen LogP contribution is -2.12. The fraction of sp³-hybridized carbons (Fsp3) is 0.167. The molecule has 0 amide bonds. The van der Waals surface area contributed by atoms with E-state index in [1.807, 2.05) is 12.2 Å². The second-order valence-electron chi connectivity index (χ2n) is 2.02. The first kappa shape index (κ1) is 6.83. The molecule has 0 saturated heterocycles. The molecule has 1 aliphatic heterocycles. The van der Waals surface area contributed by atoms with E-state index in [4.69, 9.17) is 18.0 Å². The Morgan fingerprint density at radius 1 is 1.44 bits per heavy atom. The quantitative estimate of drug-likeness (QED) is 0.544. The summed E-state index contributed by atoms with van der Waals surface area (Å²) in [5, 5.41) is 4.16. The van der Waals surface area contributed by atoms with Crippen molar-refractivity contribution in [1.29, 1.82) is 0 Å². The molecule has 2 N–H and O–H groups in total. The van der Waals surface area contributed by atoms with Crippen molar-refractivity contribution in [2.24, 2.45) is 5.73 Å². The molecule has 0 aromatic carbocycles. The molecule has 0 saturated carbocycles. The molecule has 1 nitrogen and oxygen atoms in total. The first-order valence-electron chi connectivity index (χ1n) is 2.58. The molecule has 0 aromatic rings. The van der Waals surface area contributed by atoms with Crippen LogP contribution in [0.3, 0.4) is 0 Å². The maximum absolute atomic E-state index is 5.50. The fourth-order valence-corrected chi connectivity index (χ4v) is 2.12. The molecule has 0 fully saturated rings. The van der Waals surface area contributed by atoms with Gasteiger partial charge in [-0.1, -0.05) is 24.4 Å². The van der Waals surface area contributed by atoms with Crippen LogP contribution in [0.15, 0.2) is 23.0 Å². The minimum Gasteiger partial charge on any atom is -0.385 e. The van der Waals surface area contributed by atoms with Crippen LogP contribution in [-0.4, -0.2) is 10.6 Å². The summed E-state index contributed by atoms with van der Waals surface area (Å²) in [5.41, 5.74) is 5.50. The predicted octanol–water partition coefficient (Wildman–Crippen LogP) is 1.71. The van der Waals surface area contributed by atoms with E-state index in [0.717, 1.165) is 0 Å². The van der Waals surface area contributed by atoms with Gasteiger partial charge in [0.15, 0.2) is 0 Å². The summed E-state index contributed by atoms with van der Waals surface area (Å²) >= 11 is 4.88. The van der Waals surface area contributed by atoms with Gasteiger partial charge in [0.1, 0.15) is 4.32 Å². The van der Waals surface area contributed by atoms with Crippen LogP contribution in [0.25, 0.3) is 0 Å². The Labute approximate surface area is 61.9 Å². The van der Waals surface area contributed by atoms with Crippen molar-refractivity contribution in [1.82, 2.24) is 0 Å². The van der Waals surface area contributed by atoms with Gasteiger partial charge in [-0.05, 0) is 17.1 Å². The summed E-state index contributed by atoms with van der Waals surface area (Å²) in [6.07, 6.45) is 6.07. The molecule has 0 aromatic heterocycles. The highest BCUT2D eigenvalue weighted by Crippen LogP contribution is 2.49. The zero-order valence-corrected chi connectivity index (χ0v) is 6.84. The summed E-state index contributed by atoms with van der Waals surface area (Å²) in [7, 11) is -0.972. The van der Waals surface area contributed by atoms with Crippen LogP contribution in [0.5, 0.6) is 0 Å². The minimum atomic E-state index is -0.972. The first-order chi connectivity index (χ1) is 4.15. The predicted molar refractivity (Wildman–Crippen MR) is 48.6 cm³/mol. The highest BCUT2D eigenvalue weighted by Gasteiger charge is 2.15. The largest absolute Gasteiger partial charge is 0.385 e. The molecule has 50 valence electrons. The number of thiocarbonyl (C=S) groups is 1. The van der Waals surface area contributed by atoms with Gasteiger partial charge in [0.05, 0.1) is 0 Å². The van der Waals surface area contributed by atoms with Crippen LogP contribution in [0.2, 0.25) is 0 Å². The molecule has 1 heterocycles. The van der Waals surface area contributed by atoms with Crippen LogP contribution < -0.4 is 5.73 Å². The molecule has 0 radical (unpaired) electrons. The average molecular weight is 159 g/mol. The van der Waals surface area contributed by atoms with E-state index in [9.17, 15) is 0 Å². The third kappa shape index (κ3) is 1.17. The Hall–Kier alpha value is -0.280. The summed E-state index contributed by atoms with van der Waals surface area (Å²) in [6, 6.07) is 0. The number of rotatable bonds is 0. The van der Waals surface area contributed by atoms with E-state index >= 15 is 0 Å². The molecular weight excluding hydrogens is 150 g/mol. The smallest absolute Gasteiger partial charge is 0.120 e. The van der Waals surface area contributed by atoms with Gasteiger partial charge >= 0.3 is 0 Å². The highest BCUT2D eigenvalue weighted by molar-refractivity contribution is 8.53. The lowest BCUT2D eigenvalue weighted by atomic mass is 10.6. The Morgan fingerprint density at radius 2 is 1.89 bits per heavy atom. The Kier molecular flexibility index (Phi) is 1.64. The van der Waals surface area contributed by atoms with E-state index < -0.39 is 10.0 Å². The van der Waals surface area contributed by atoms with E-state index in [2.05, 4.69) is 17.1 Å². The molecule has 0 unspecified atom stereocenters. The van der Waals surface area contributed by atoms with Crippen molar-refractivity contribution in [2.75, 3.05) is 6.26 Å². The average Bonchev–Trinajstić information content (AvgIpc) is 2.16. The monoisotopic (exact) mass is 159 g/mol. The van der Waals surface area contributed by atoms with Gasteiger partial charge in [0, 0.05) is 0 Å². The van der Waals surface area contributed by atoms with Crippen molar-refractivity contribution >= 4 is 26.6 Å². The number of hydrogen-bond donors (Lipinski definition) is 1. The maximum atomic E-state index is 5.50. The molecule has 1 rings (SSSR count). The summed E-state index contributed by atoms with van der Waals surface area (Å²) in [6.45, 7) is 0. The zero-order chi connectivity index (χ0) is 6.91. The van der Waals surface area contributed by atoms with E-state index in [1.54, 1.807) is 0 Å². The molecule has 9 heavy (non-hydrogen) atoms. The van der Waals surface area contributed by atoms with Gasteiger partial charge in [-0.15, -0.1) is 0 Å². The zero-order valence-electron chi connectivity index (χ0n) is 5.20. The van der Waals surface area contributed by atoms with Crippen molar-refractivity contribution in [2.45, 2.75) is 0 Å². The van der Waals surface area contributed by atoms with Gasteiger partial charge in [0.2, 0.25) is 0 Å². The number of hydrogen-bond acceptors (Lipinski definition) is 1. The third-order valence-corrected chi connectivity index (χ3v) is 4.66. The lowest BCUT2D eigenvalue weighted by Gasteiger charge is -2.22. The van der Waals surface area contributed by atoms with E-state index in [-0.39, 0.29) is 0 Å². The van der Waals surface area contributed by atoms with Gasteiger partial charge < -0.3 is 5.73 Å². The first-order valence-corrected chi connectivity index (χ1v) is 5.15. The summed E-state index contributed by atoms with van der Waals surface area (Å²) in [4.78, 5) is 0. The van der Waals surface area contributed by atoms with Crippen LogP contribution in [0.1, 0.15) is 0 Å². The fourth-order valence-electron chi connectivity index (χ4n) is 0.597. The van der Waals surface area contributed by atoms with Crippen LogP contribution >= 0.6 is 22.2 Å². The van der Waals surface area contributed by atoms with Crippen LogP contribution in [0, 0.1) is 0 Å². The summed E-state index contributed by atoms with van der Waals surface area (Å²) < 4.78 is 0.618. The standard InChI is InChI=1S/C6H9NS2/c1-9(6(7)8)4-2-3-5-9/h2-5H,1H3,(H2,7,8). The Bertz CT molecular complexity index is 181. The number of allylic oxidation sites excluding steroid dienone is 2. The molecule has 0 spiro atoms. The maximum Gasteiger partial charge on any atom is 0.120 e. The van der Waals surface area contributed by atoms with Crippen molar-refractivity contribution in [3.05, 3.63) is 23.0 Å². The molecule has 0 bridgehead atoms. The van der Waals surface area contributed by atoms with Gasteiger partial charge in [-0.3, -0.25) is 0 Å². The normalized spacial score (nSPS) is 24.1. The highest BCUT2D eigenvalue weighted by atomic mass is 32.3. The van der Waals surface area contributed by atoms with E-state index in [1.165, 1.54) is 0 Å².